The van der Waals surface area contributed by atoms with Gasteiger partial charge in [0.05, 0.1) is 13.2 Å². The number of fused-ring (bicyclic) bond motifs is 1. The molecule has 1 atom stereocenters. The fourth-order valence-electron chi connectivity index (χ4n) is 2.25. The standard InChI is InChI=1S/C16H17NO/c1-2-4-15-11-13(5-7-14(15)3-1)6-8-16-12-18-10-9-17-16/h1-8,11,16-17H,9-10,12H2/b8-6+. The first-order chi connectivity index (χ1) is 8.92. The minimum absolute atomic E-state index is 0.338. The molecule has 1 N–H and O–H groups in total. The van der Waals surface area contributed by atoms with Gasteiger partial charge in [-0.1, -0.05) is 48.6 Å². The van der Waals surface area contributed by atoms with Crippen molar-refractivity contribution < 1.29 is 4.74 Å². The number of benzene rings is 2. The molecule has 1 aliphatic rings. The van der Waals surface area contributed by atoms with Gasteiger partial charge in [-0.05, 0) is 22.4 Å². The van der Waals surface area contributed by atoms with Crippen LogP contribution in [0.15, 0.2) is 48.5 Å². The second-order valence-electron chi connectivity index (χ2n) is 4.60. The molecule has 1 aliphatic heterocycles. The normalized spacial score (nSPS) is 20.6. The van der Waals surface area contributed by atoms with E-state index in [0.717, 1.165) is 19.8 Å². The van der Waals surface area contributed by atoms with Crippen molar-refractivity contribution in [3.05, 3.63) is 54.1 Å². The van der Waals surface area contributed by atoms with E-state index in [1.807, 2.05) is 0 Å². The third kappa shape index (κ3) is 2.61. The summed E-state index contributed by atoms with van der Waals surface area (Å²) in [5.41, 5.74) is 1.24. The topological polar surface area (TPSA) is 21.3 Å². The highest BCUT2D eigenvalue weighted by Crippen LogP contribution is 2.16. The SMILES string of the molecule is C(=C\C1COCCN1)/c1ccc2ccccc2c1. The first-order valence-corrected chi connectivity index (χ1v) is 6.40. The molecular formula is C16H17NO. The Hall–Kier alpha value is -1.64. The lowest BCUT2D eigenvalue weighted by Crippen LogP contribution is -2.39. The third-order valence-corrected chi connectivity index (χ3v) is 3.24. The highest BCUT2D eigenvalue weighted by atomic mass is 16.5. The van der Waals surface area contributed by atoms with Gasteiger partial charge < -0.3 is 10.1 Å². The van der Waals surface area contributed by atoms with Crippen LogP contribution in [0.3, 0.4) is 0 Å². The van der Waals surface area contributed by atoms with Gasteiger partial charge in [0, 0.05) is 12.6 Å². The first-order valence-electron chi connectivity index (χ1n) is 6.40. The molecule has 2 heteroatoms. The Kier molecular flexibility index (Phi) is 3.40. The Morgan fingerprint density at radius 1 is 1.11 bits per heavy atom. The molecule has 0 bridgehead atoms. The molecule has 0 amide bonds. The van der Waals surface area contributed by atoms with Crippen molar-refractivity contribution in [1.29, 1.82) is 0 Å². The number of morpholine rings is 1. The Morgan fingerprint density at radius 3 is 2.83 bits per heavy atom. The minimum atomic E-state index is 0.338. The van der Waals surface area contributed by atoms with Gasteiger partial charge in [0.2, 0.25) is 0 Å². The number of hydrogen-bond acceptors (Lipinski definition) is 2. The summed E-state index contributed by atoms with van der Waals surface area (Å²) >= 11 is 0. The monoisotopic (exact) mass is 239 g/mol. The molecule has 0 radical (unpaired) electrons. The molecule has 1 saturated heterocycles. The van der Waals surface area contributed by atoms with E-state index in [4.69, 9.17) is 4.74 Å². The molecule has 1 heterocycles. The molecular weight excluding hydrogens is 222 g/mol. The number of hydrogen-bond donors (Lipinski definition) is 1. The van der Waals surface area contributed by atoms with Crippen molar-refractivity contribution in [2.24, 2.45) is 0 Å². The molecule has 1 fully saturated rings. The highest BCUT2D eigenvalue weighted by Gasteiger charge is 2.08. The molecule has 2 aromatic rings. The van der Waals surface area contributed by atoms with E-state index < -0.39 is 0 Å². The van der Waals surface area contributed by atoms with E-state index in [2.05, 4.69) is 59.9 Å². The molecule has 0 aliphatic carbocycles. The van der Waals surface area contributed by atoms with Crippen LogP contribution in [0.25, 0.3) is 16.8 Å². The fourth-order valence-corrected chi connectivity index (χ4v) is 2.25. The molecule has 92 valence electrons. The quantitative estimate of drug-likeness (QED) is 0.870. The van der Waals surface area contributed by atoms with Crippen LogP contribution < -0.4 is 5.32 Å². The smallest absolute Gasteiger partial charge is 0.0656 e. The van der Waals surface area contributed by atoms with Crippen molar-refractivity contribution in [2.75, 3.05) is 19.8 Å². The van der Waals surface area contributed by atoms with Gasteiger partial charge in [-0.3, -0.25) is 0 Å². The largest absolute Gasteiger partial charge is 0.378 e. The molecule has 3 rings (SSSR count). The Morgan fingerprint density at radius 2 is 2.00 bits per heavy atom. The second kappa shape index (κ2) is 5.34. The average Bonchev–Trinajstić information content (AvgIpc) is 2.46. The predicted molar refractivity (Wildman–Crippen MR) is 75.6 cm³/mol. The van der Waals surface area contributed by atoms with Crippen LogP contribution in [0.1, 0.15) is 5.56 Å². The zero-order chi connectivity index (χ0) is 12.2. The average molecular weight is 239 g/mol. The van der Waals surface area contributed by atoms with Crippen molar-refractivity contribution in [3.8, 4) is 0 Å². The van der Waals surface area contributed by atoms with Gasteiger partial charge in [-0.2, -0.15) is 0 Å². The van der Waals surface area contributed by atoms with Gasteiger partial charge in [0.25, 0.3) is 0 Å². The van der Waals surface area contributed by atoms with Gasteiger partial charge >= 0.3 is 0 Å². The van der Waals surface area contributed by atoms with Crippen molar-refractivity contribution >= 4 is 16.8 Å². The van der Waals surface area contributed by atoms with Gasteiger partial charge in [0.1, 0.15) is 0 Å². The van der Waals surface area contributed by atoms with E-state index in [-0.39, 0.29) is 0 Å². The summed E-state index contributed by atoms with van der Waals surface area (Å²) in [4.78, 5) is 0. The lowest BCUT2D eigenvalue weighted by Gasteiger charge is -2.20. The first kappa shape index (κ1) is 11.5. The van der Waals surface area contributed by atoms with Crippen LogP contribution >= 0.6 is 0 Å². The van der Waals surface area contributed by atoms with Crippen LogP contribution in [0.5, 0.6) is 0 Å². The Labute approximate surface area is 107 Å². The zero-order valence-electron chi connectivity index (χ0n) is 10.3. The summed E-state index contributed by atoms with van der Waals surface area (Å²) in [6.07, 6.45) is 4.35. The molecule has 2 aromatic carbocycles. The van der Waals surface area contributed by atoms with Gasteiger partial charge in [-0.15, -0.1) is 0 Å². The van der Waals surface area contributed by atoms with Crippen LogP contribution in [0.2, 0.25) is 0 Å². The van der Waals surface area contributed by atoms with E-state index >= 15 is 0 Å². The number of rotatable bonds is 2. The Balaban J connectivity index is 1.79. The summed E-state index contributed by atoms with van der Waals surface area (Å²) in [6.45, 7) is 2.52. The lowest BCUT2D eigenvalue weighted by molar-refractivity contribution is 0.0903. The van der Waals surface area contributed by atoms with Crippen molar-refractivity contribution in [2.45, 2.75) is 6.04 Å². The van der Waals surface area contributed by atoms with E-state index in [9.17, 15) is 0 Å². The Bertz CT molecular complexity index is 556. The van der Waals surface area contributed by atoms with Crippen molar-refractivity contribution in [3.63, 3.8) is 0 Å². The summed E-state index contributed by atoms with van der Waals surface area (Å²) in [7, 11) is 0. The van der Waals surface area contributed by atoms with Crippen LogP contribution in [0, 0.1) is 0 Å². The fraction of sp³-hybridized carbons (Fsp3) is 0.250. The van der Waals surface area contributed by atoms with E-state index in [1.165, 1.54) is 16.3 Å². The van der Waals surface area contributed by atoms with E-state index in [0.29, 0.717) is 6.04 Å². The number of ether oxygens (including phenoxy) is 1. The molecule has 18 heavy (non-hydrogen) atoms. The molecule has 0 saturated carbocycles. The highest BCUT2D eigenvalue weighted by molar-refractivity contribution is 5.84. The maximum atomic E-state index is 5.43. The summed E-state index contributed by atoms with van der Waals surface area (Å²) in [6, 6.07) is 15.3. The molecule has 2 nitrogen and oxygen atoms in total. The zero-order valence-corrected chi connectivity index (χ0v) is 10.3. The summed E-state index contributed by atoms with van der Waals surface area (Å²) < 4.78 is 5.43. The van der Waals surface area contributed by atoms with E-state index in [1.54, 1.807) is 0 Å². The summed E-state index contributed by atoms with van der Waals surface area (Å²) in [5, 5.41) is 5.99. The van der Waals surface area contributed by atoms with Gasteiger partial charge in [0.15, 0.2) is 0 Å². The van der Waals surface area contributed by atoms with Crippen LogP contribution in [-0.4, -0.2) is 25.8 Å². The number of nitrogens with one attached hydrogen (secondary N) is 1. The minimum Gasteiger partial charge on any atom is -0.378 e. The molecule has 1 unspecified atom stereocenters. The van der Waals surface area contributed by atoms with Crippen LogP contribution in [0.4, 0.5) is 0 Å². The molecule has 0 spiro atoms. The van der Waals surface area contributed by atoms with Crippen molar-refractivity contribution in [1.82, 2.24) is 5.32 Å². The maximum Gasteiger partial charge on any atom is 0.0656 e. The molecule has 0 aromatic heterocycles. The second-order valence-corrected chi connectivity index (χ2v) is 4.60. The predicted octanol–water partition coefficient (Wildman–Crippen LogP) is 2.84. The van der Waals surface area contributed by atoms with Gasteiger partial charge in [-0.25, -0.2) is 0 Å². The third-order valence-electron chi connectivity index (χ3n) is 3.24. The van der Waals surface area contributed by atoms with Crippen LogP contribution in [-0.2, 0) is 4.74 Å². The maximum absolute atomic E-state index is 5.43. The lowest BCUT2D eigenvalue weighted by atomic mass is 10.1. The summed E-state index contributed by atoms with van der Waals surface area (Å²) in [5.74, 6) is 0.